The van der Waals surface area contributed by atoms with E-state index in [9.17, 15) is 18.0 Å². The Morgan fingerprint density at radius 2 is 2.09 bits per heavy atom. The zero-order chi connectivity index (χ0) is 17.0. The van der Waals surface area contributed by atoms with Crippen molar-refractivity contribution in [3.63, 3.8) is 0 Å². The third-order valence-electron chi connectivity index (χ3n) is 3.12. The average molecular weight is 343 g/mol. The molecule has 0 unspecified atom stereocenters. The molecule has 1 aromatic carbocycles. The number of anilines is 2. The van der Waals surface area contributed by atoms with Gasteiger partial charge in [-0.2, -0.15) is 13.2 Å². The van der Waals surface area contributed by atoms with Crippen molar-refractivity contribution in [2.45, 2.75) is 26.4 Å². The first-order valence-corrected chi connectivity index (χ1v) is 7.78. The van der Waals surface area contributed by atoms with E-state index in [1.807, 2.05) is 13.8 Å². The Labute approximate surface area is 135 Å². The summed E-state index contributed by atoms with van der Waals surface area (Å²) in [7, 11) is 0. The van der Waals surface area contributed by atoms with Gasteiger partial charge in [-0.25, -0.2) is 4.98 Å². The number of alkyl halides is 3. The fraction of sp³-hybridized carbons (Fsp3) is 0.333. The van der Waals surface area contributed by atoms with Gasteiger partial charge in [-0.05, 0) is 31.5 Å². The number of hydrogen-bond donors (Lipinski definition) is 2. The van der Waals surface area contributed by atoms with E-state index < -0.39 is 11.7 Å². The molecule has 0 aliphatic rings. The van der Waals surface area contributed by atoms with Gasteiger partial charge in [0.2, 0.25) is 5.91 Å². The highest BCUT2D eigenvalue weighted by atomic mass is 32.1. The lowest BCUT2D eigenvalue weighted by Gasteiger charge is -2.10. The largest absolute Gasteiger partial charge is 0.416 e. The summed E-state index contributed by atoms with van der Waals surface area (Å²) in [4.78, 5) is 17.2. The summed E-state index contributed by atoms with van der Waals surface area (Å²) >= 11 is 1.38. The number of benzene rings is 1. The van der Waals surface area contributed by atoms with Crippen molar-refractivity contribution in [1.29, 1.82) is 0 Å². The molecule has 124 valence electrons. The number of carbonyl (C=O) groups excluding carboxylic acids is 1. The van der Waals surface area contributed by atoms with Crippen molar-refractivity contribution in [2.24, 2.45) is 0 Å². The van der Waals surface area contributed by atoms with E-state index >= 15 is 0 Å². The van der Waals surface area contributed by atoms with Gasteiger partial charge in [-0.15, -0.1) is 11.3 Å². The number of nitrogens with zero attached hydrogens (tertiary/aromatic N) is 1. The molecule has 2 rings (SSSR count). The summed E-state index contributed by atoms with van der Waals surface area (Å²) in [6.07, 6.45) is -3.63. The van der Waals surface area contributed by atoms with Crippen LogP contribution < -0.4 is 10.6 Å². The molecule has 23 heavy (non-hydrogen) atoms. The Morgan fingerprint density at radius 3 is 2.70 bits per heavy atom. The van der Waals surface area contributed by atoms with Crippen molar-refractivity contribution in [3.8, 4) is 0 Å². The second-order valence-corrected chi connectivity index (χ2v) is 6.06. The fourth-order valence-electron chi connectivity index (χ4n) is 1.96. The number of aryl methyl sites for hydroxylation is 2. The lowest BCUT2D eigenvalue weighted by atomic mass is 10.2. The molecule has 1 aromatic heterocycles. The maximum atomic E-state index is 12.6. The van der Waals surface area contributed by atoms with Gasteiger partial charge in [0, 0.05) is 10.6 Å². The van der Waals surface area contributed by atoms with Crippen molar-refractivity contribution in [3.05, 3.63) is 40.4 Å². The number of aromatic nitrogens is 1. The van der Waals surface area contributed by atoms with Crippen LogP contribution in [0, 0.1) is 6.92 Å². The first kappa shape index (κ1) is 17.3. The van der Waals surface area contributed by atoms with E-state index in [1.165, 1.54) is 23.5 Å². The molecule has 0 saturated heterocycles. The molecule has 0 aliphatic carbocycles. The van der Waals surface area contributed by atoms with Crippen LogP contribution in [0.5, 0.6) is 0 Å². The van der Waals surface area contributed by atoms with Crippen LogP contribution in [-0.2, 0) is 17.4 Å². The van der Waals surface area contributed by atoms with E-state index in [4.69, 9.17) is 0 Å². The molecular weight excluding hydrogens is 327 g/mol. The second kappa shape index (κ2) is 6.99. The third-order valence-corrected chi connectivity index (χ3v) is 4.05. The average Bonchev–Trinajstić information content (AvgIpc) is 2.84. The van der Waals surface area contributed by atoms with Crippen molar-refractivity contribution in [2.75, 3.05) is 17.2 Å². The van der Waals surface area contributed by atoms with Crippen LogP contribution in [0.25, 0.3) is 0 Å². The maximum Gasteiger partial charge on any atom is 0.416 e. The Bertz CT molecular complexity index is 698. The number of thiazole rings is 1. The number of rotatable bonds is 5. The highest BCUT2D eigenvalue weighted by Crippen LogP contribution is 2.30. The smallest absolute Gasteiger partial charge is 0.376 e. The van der Waals surface area contributed by atoms with Gasteiger partial charge in [0.05, 0.1) is 17.8 Å². The van der Waals surface area contributed by atoms with Gasteiger partial charge in [-0.3, -0.25) is 4.79 Å². The first-order valence-electron chi connectivity index (χ1n) is 6.97. The van der Waals surface area contributed by atoms with Crippen LogP contribution in [0.2, 0.25) is 0 Å². The Balaban J connectivity index is 1.94. The van der Waals surface area contributed by atoms with Crippen LogP contribution in [0.3, 0.4) is 0 Å². The summed E-state index contributed by atoms with van der Waals surface area (Å²) in [6.45, 7) is 3.76. The maximum absolute atomic E-state index is 12.6. The second-order valence-electron chi connectivity index (χ2n) is 4.86. The number of hydrogen-bond acceptors (Lipinski definition) is 4. The van der Waals surface area contributed by atoms with Gasteiger partial charge in [0.25, 0.3) is 0 Å². The van der Waals surface area contributed by atoms with Gasteiger partial charge < -0.3 is 10.6 Å². The molecule has 2 aromatic rings. The molecule has 0 atom stereocenters. The van der Waals surface area contributed by atoms with Gasteiger partial charge in [0.15, 0.2) is 5.13 Å². The van der Waals surface area contributed by atoms with Crippen LogP contribution in [0.1, 0.15) is 23.1 Å². The van der Waals surface area contributed by atoms with Crippen LogP contribution in [0.4, 0.5) is 24.0 Å². The SMILES string of the molecule is CCc1nc(NC(=O)CNc2cccc(C(F)(F)F)c2)sc1C. The topological polar surface area (TPSA) is 54.0 Å². The standard InChI is InChI=1S/C15H16F3N3OS/c1-3-12-9(2)23-14(20-12)21-13(22)8-19-11-6-4-5-10(7-11)15(16,17)18/h4-7,19H,3,8H2,1-2H3,(H,20,21,22). The van der Waals surface area contributed by atoms with E-state index in [-0.39, 0.29) is 18.1 Å². The minimum atomic E-state index is -4.41. The Kier molecular flexibility index (Phi) is 5.25. The lowest BCUT2D eigenvalue weighted by molar-refractivity contribution is -0.137. The Morgan fingerprint density at radius 1 is 1.35 bits per heavy atom. The molecule has 0 fully saturated rings. The molecule has 2 N–H and O–H groups in total. The number of carbonyl (C=O) groups is 1. The van der Waals surface area contributed by atoms with Crippen LogP contribution >= 0.6 is 11.3 Å². The third kappa shape index (κ3) is 4.69. The molecule has 0 spiro atoms. The predicted molar refractivity (Wildman–Crippen MR) is 84.8 cm³/mol. The number of halogens is 3. The minimum absolute atomic E-state index is 0.138. The number of amides is 1. The first-order chi connectivity index (χ1) is 10.8. The van der Waals surface area contributed by atoms with E-state index in [0.29, 0.717) is 5.13 Å². The van der Waals surface area contributed by atoms with Gasteiger partial charge in [-0.1, -0.05) is 13.0 Å². The number of nitrogens with one attached hydrogen (secondary N) is 2. The highest BCUT2D eigenvalue weighted by Gasteiger charge is 2.30. The quantitative estimate of drug-likeness (QED) is 0.860. The van der Waals surface area contributed by atoms with Crippen molar-refractivity contribution < 1.29 is 18.0 Å². The molecule has 0 saturated carbocycles. The minimum Gasteiger partial charge on any atom is -0.376 e. The molecular formula is C15H16F3N3OS. The molecule has 0 aliphatic heterocycles. The molecule has 1 amide bonds. The molecule has 0 radical (unpaired) electrons. The lowest BCUT2D eigenvalue weighted by Crippen LogP contribution is -2.21. The van der Waals surface area contributed by atoms with E-state index in [1.54, 1.807) is 0 Å². The van der Waals surface area contributed by atoms with Gasteiger partial charge >= 0.3 is 6.18 Å². The summed E-state index contributed by atoms with van der Waals surface area (Å²) in [5.74, 6) is -0.362. The normalized spacial score (nSPS) is 11.3. The van der Waals surface area contributed by atoms with E-state index in [2.05, 4.69) is 15.6 Å². The molecule has 1 heterocycles. The van der Waals surface area contributed by atoms with Crippen LogP contribution in [0.15, 0.2) is 24.3 Å². The summed E-state index contributed by atoms with van der Waals surface area (Å²) in [5.41, 5.74) is 0.404. The molecule has 4 nitrogen and oxygen atoms in total. The zero-order valence-corrected chi connectivity index (χ0v) is 13.4. The summed E-state index contributed by atoms with van der Waals surface area (Å²) in [5, 5.41) is 5.81. The predicted octanol–water partition coefficient (Wildman–Crippen LogP) is 4.08. The fourth-order valence-corrected chi connectivity index (χ4v) is 2.88. The van der Waals surface area contributed by atoms with Crippen LogP contribution in [-0.4, -0.2) is 17.4 Å². The molecule has 8 heteroatoms. The molecule has 0 bridgehead atoms. The van der Waals surface area contributed by atoms with Crippen molar-refractivity contribution in [1.82, 2.24) is 4.98 Å². The van der Waals surface area contributed by atoms with Gasteiger partial charge in [0.1, 0.15) is 0 Å². The summed E-state index contributed by atoms with van der Waals surface area (Å²) < 4.78 is 37.8. The Hall–Kier alpha value is -2.09. The monoisotopic (exact) mass is 343 g/mol. The highest BCUT2D eigenvalue weighted by molar-refractivity contribution is 7.15. The zero-order valence-electron chi connectivity index (χ0n) is 12.6. The van der Waals surface area contributed by atoms with Crippen molar-refractivity contribution >= 4 is 28.1 Å². The van der Waals surface area contributed by atoms with E-state index in [0.717, 1.165) is 29.1 Å². The summed E-state index contributed by atoms with van der Waals surface area (Å²) in [6, 6.07) is 4.72.